The van der Waals surface area contributed by atoms with Gasteiger partial charge in [0.1, 0.15) is 6.61 Å². The van der Waals surface area contributed by atoms with E-state index in [1.807, 2.05) is 43.5 Å². The van der Waals surface area contributed by atoms with Gasteiger partial charge in [-0.2, -0.15) is 0 Å². The molecule has 0 bridgehead atoms. The average Bonchev–Trinajstić information content (AvgIpc) is 2.38. The maximum absolute atomic E-state index is 12.0. The largest absolute Gasteiger partial charge is 0.483 e. The second-order valence-corrected chi connectivity index (χ2v) is 10.7. The van der Waals surface area contributed by atoms with Gasteiger partial charge in [0.2, 0.25) is 5.43 Å². The van der Waals surface area contributed by atoms with Crippen LogP contribution in [0.15, 0.2) is 47.4 Å². The van der Waals surface area contributed by atoms with Crippen LogP contribution < -0.4 is 10.2 Å². The first-order valence-electron chi connectivity index (χ1n) is 6.79. The van der Waals surface area contributed by atoms with Crippen LogP contribution in [0.1, 0.15) is 11.3 Å². The lowest BCUT2D eigenvalue weighted by Crippen LogP contribution is -2.34. The van der Waals surface area contributed by atoms with Crippen LogP contribution in [0.25, 0.3) is 0 Å². The minimum Gasteiger partial charge on any atom is -0.483 e. The Morgan fingerprint density at radius 1 is 1.10 bits per heavy atom. The number of nitrogens with zero attached hydrogens (tertiary/aromatic N) is 1. The van der Waals surface area contributed by atoms with E-state index in [4.69, 9.17) is 4.74 Å². The molecule has 1 aromatic heterocycles. The van der Waals surface area contributed by atoms with E-state index < -0.39 is 8.24 Å². The van der Waals surface area contributed by atoms with Crippen LogP contribution >= 0.6 is 0 Å². The molecule has 0 aliphatic carbocycles. The molecule has 0 aliphatic heterocycles. The Hall–Kier alpha value is -1.81. The lowest BCUT2D eigenvalue weighted by atomic mass is 10.2. The summed E-state index contributed by atoms with van der Waals surface area (Å²) in [6.07, 6.45) is 1.89. The van der Waals surface area contributed by atoms with Gasteiger partial charge in [0.25, 0.3) is 0 Å². The molecular weight excluding hydrogens is 266 g/mol. The van der Waals surface area contributed by atoms with Gasteiger partial charge in [-0.15, -0.1) is 0 Å². The highest BCUT2D eigenvalue weighted by molar-refractivity contribution is 6.74. The molecule has 0 fully saturated rings. The predicted octanol–water partition coefficient (Wildman–Crippen LogP) is 3.42. The van der Waals surface area contributed by atoms with Gasteiger partial charge >= 0.3 is 0 Å². The molecule has 2 rings (SSSR count). The Labute approximate surface area is 120 Å². The van der Waals surface area contributed by atoms with E-state index in [2.05, 4.69) is 23.9 Å². The van der Waals surface area contributed by atoms with Crippen LogP contribution in [0.4, 0.5) is 0 Å². The molecular formula is C16H21NO2Si. The molecule has 0 radical (unpaired) electrons. The third-order valence-corrected chi connectivity index (χ3v) is 5.17. The molecule has 4 heteroatoms. The number of hydrogen-bond acceptors (Lipinski definition) is 2. The summed E-state index contributed by atoms with van der Waals surface area (Å²) in [6.45, 7) is 9.11. The van der Waals surface area contributed by atoms with Gasteiger partial charge < -0.3 is 8.97 Å². The number of rotatable bonds is 4. The van der Waals surface area contributed by atoms with Crippen LogP contribution in [0, 0.1) is 6.92 Å². The minimum absolute atomic E-state index is 0.0482. The van der Waals surface area contributed by atoms with Crippen molar-refractivity contribution in [3.05, 3.63) is 64.1 Å². The van der Waals surface area contributed by atoms with E-state index >= 15 is 0 Å². The second-order valence-electron chi connectivity index (χ2n) is 5.91. The highest BCUT2D eigenvalue weighted by atomic mass is 28.3. The van der Waals surface area contributed by atoms with E-state index in [9.17, 15) is 4.79 Å². The zero-order valence-corrected chi connectivity index (χ0v) is 13.5. The lowest BCUT2D eigenvalue weighted by molar-refractivity contribution is 0.299. The smallest absolute Gasteiger partial charge is 0.223 e. The van der Waals surface area contributed by atoms with Gasteiger partial charge in [-0.05, 0) is 18.7 Å². The van der Waals surface area contributed by atoms with Crippen molar-refractivity contribution in [2.45, 2.75) is 33.2 Å². The zero-order valence-electron chi connectivity index (χ0n) is 12.5. The number of pyridine rings is 1. The van der Waals surface area contributed by atoms with Crippen molar-refractivity contribution in [1.82, 2.24) is 4.23 Å². The van der Waals surface area contributed by atoms with Crippen LogP contribution in [0.3, 0.4) is 0 Å². The molecule has 0 amide bonds. The molecule has 0 N–H and O–H groups in total. The van der Waals surface area contributed by atoms with Gasteiger partial charge in [0.15, 0.2) is 14.0 Å². The first-order chi connectivity index (χ1) is 9.39. The van der Waals surface area contributed by atoms with Crippen molar-refractivity contribution in [2.24, 2.45) is 0 Å². The maximum Gasteiger partial charge on any atom is 0.223 e. The molecule has 0 aliphatic rings. The Bertz CT molecular complexity index is 642. The zero-order chi connectivity index (χ0) is 14.8. The van der Waals surface area contributed by atoms with E-state index in [0.717, 1.165) is 11.3 Å². The molecule has 3 nitrogen and oxygen atoms in total. The van der Waals surface area contributed by atoms with Gasteiger partial charge in [-0.1, -0.05) is 50.0 Å². The second kappa shape index (κ2) is 5.67. The highest BCUT2D eigenvalue weighted by Crippen LogP contribution is 2.18. The lowest BCUT2D eigenvalue weighted by Gasteiger charge is -2.25. The summed E-state index contributed by atoms with van der Waals surface area (Å²) < 4.78 is 7.98. The Balaban J connectivity index is 2.30. The van der Waals surface area contributed by atoms with E-state index in [1.165, 1.54) is 0 Å². The summed E-state index contributed by atoms with van der Waals surface area (Å²) in [6, 6.07) is 11.5. The summed E-state index contributed by atoms with van der Waals surface area (Å²) in [5.74, 6) is 0.471. The first-order valence-corrected chi connectivity index (χ1v) is 10.2. The average molecular weight is 287 g/mol. The molecule has 1 aromatic carbocycles. The molecule has 106 valence electrons. The van der Waals surface area contributed by atoms with E-state index in [-0.39, 0.29) is 5.43 Å². The topological polar surface area (TPSA) is 31.2 Å². The van der Waals surface area contributed by atoms with Gasteiger partial charge in [0.05, 0.1) is 5.69 Å². The van der Waals surface area contributed by atoms with Crippen molar-refractivity contribution < 1.29 is 4.74 Å². The van der Waals surface area contributed by atoms with Crippen LogP contribution in [0.5, 0.6) is 5.75 Å². The fraction of sp³-hybridized carbons (Fsp3) is 0.312. The Morgan fingerprint density at radius 2 is 1.75 bits per heavy atom. The number of aromatic nitrogens is 1. The van der Waals surface area contributed by atoms with Crippen molar-refractivity contribution in [1.29, 1.82) is 0 Å². The summed E-state index contributed by atoms with van der Waals surface area (Å²) in [4.78, 5) is 12.0. The van der Waals surface area contributed by atoms with Gasteiger partial charge in [-0.3, -0.25) is 4.79 Å². The number of hydrogen-bond donors (Lipinski definition) is 0. The normalized spacial score (nSPS) is 11.4. The monoisotopic (exact) mass is 287 g/mol. The summed E-state index contributed by atoms with van der Waals surface area (Å²) in [7, 11) is -1.54. The fourth-order valence-electron chi connectivity index (χ4n) is 2.25. The van der Waals surface area contributed by atoms with Crippen molar-refractivity contribution in [2.75, 3.05) is 0 Å². The van der Waals surface area contributed by atoms with Crippen LogP contribution in [0.2, 0.25) is 19.6 Å². The molecule has 0 saturated carbocycles. The van der Waals surface area contributed by atoms with Gasteiger partial charge in [0, 0.05) is 6.07 Å². The standard InChI is InChI=1S/C16H21NO2Si/c1-13-16(19-12-14-8-6-5-7-9-14)15(18)10-11-17(13)20(2,3)4/h5-11H,12H2,1-4H3. The molecule has 2 aromatic rings. The highest BCUT2D eigenvalue weighted by Gasteiger charge is 2.20. The molecule has 20 heavy (non-hydrogen) atoms. The van der Waals surface area contributed by atoms with Crippen LogP contribution in [-0.2, 0) is 6.61 Å². The minimum atomic E-state index is -1.54. The summed E-state index contributed by atoms with van der Waals surface area (Å²) in [5, 5.41) is 0. The quantitative estimate of drug-likeness (QED) is 0.807. The maximum atomic E-state index is 12.0. The molecule has 0 saturated heterocycles. The van der Waals surface area contributed by atoms with Crippen LogP contribution in [-0.4, -0.2) is 12.5 Å². The third kappa shape index (κ3) is 3.19. The summed E-state index contributed by atoms with van der Waals surface area (Å²) in [5.41, 5.74) is 1.94. The summed E-state index contributed by atoms with van der Waals surface area (Å²) >= 11 is 0. The van der Waals surface area contributed by atoms with Crippen molar-refractivity contribution in [3.63, 3.8) is 0 Å². The first kappa shape index (κ1) is 14.6. The fourth-order valence-corrected chi connectivity index (χ4v) is 3.88. The van der Waals surface area contributed by atoms with Gasteiger partial charge in [-0.25, -0.2) is 0 Å². The molecule has 0 unspecified atom stereocenters. The molecule has 1 heterocycles. The SMILES string of the molecule is Cc1c(OCc2ccccc2)c(=O)ccn1[Si](C)(C)C. The predicted molar refractivity (Wildman–Crippen MR) is 85.0 cm³/mol. The Kier molecular flexibility index (Phi) is 4.14. The number of ether oxygens (including phenoxy) is 1. The number of benzene rings is 1. The van der Waals surface area contributed by atoms with Crippen molar-refractivity contribution in [3.8, 4) is 5.75 Å². The van der Waals surface area contributed by atoms with E-state index in [1.54, 1.807) is 6.07 Å². The van der Waals surface area contributed by atoms with Crippen molar-refractivity contribution >= 4 is 8.24 Å². The molecule has 0 atom stereocenters. The Morgan fingerprint density at radius 3 is 2.35 bits per heavy atom. The van der Waals surface area contributed by atoms with E-state index in [0.29, 0.717) is 12.4 Å². The third-order valence-electron chi connectivity index (χ3n) is 3.24. The molecule has 0 spiro atoms.